The van der Waals surface area contributed by atoms with E-state index in [0.29, 0.717) is 38.9 Å². The van der Waals surface area contributed by atoms with Crippen LogP contribution >= 0.6 is 0 Å². The minimum atomic E-state index is -4.02. The van der Waals surface area contributed by atoms with Gasteiger partial charge in [-0.25, -0.2) is 0 Å². The summed E-state index contributed by atoms with van der Waals surface area (Å²) in [6.07, 6.45) is 1.85. The summed E-state index contributed by atoms with van der Waals surface area (Å²) in [4.78, 5) is 0.104. The molecule has 1 saturated carbocycles. The number of hydrogen-bond donors (Lipinski definition) is 0. The maximum absolute atomic E-state index is 12.8. The van der Waals surface area contributed by atoms with E-state index in [1.54, 1.807) is 24.3 Å². The van der Waals surface area contributed by atoms with Crippen molar-refractivity contribution in [3.63, 3.8) is 0 Å². The van der Waals surface area contributed by atoms with Crippen LogP contribution in [0, 0.1) is 19.3 Å². The predicted octanol–water partition coefficient (Wildman–Crippen LogP) is 3.72. The van der Waals surface area contributed by atoms with Crippen molar-refractivity contribution in [2.24, 2.45) is 5.41 Å². The van der Waals surface area contributed by atoms with Gasteiger partial charge in [-0.05, 0) is 51.0 Å². The van der Waals surface area contributed by atoms with Crippen LogP contribution < -0.4 is 0 Å². The van der Waals surface area contributed by atoms with Gasteiger partial charge in [0, 0.05) is 18.3 Å². The van der Waals surface area contributed by atoms with Gasteiger partial charge in [-0.2, -0.15) is 16.8 Å². The summed E-state index contributed by atoms with van der Waals surface area (Å²) in [5.74, 6) is -0.699. The fourth-order valence-corrected chi connectivity index (χ4v) is 6.25. The Hall–Kier alpha value is -1.82. The second kappa shape index (κ2) is 9.67. The molecule has 2 fully saturated rings. The maximum Gasteiger partial charge on any atom is 0.296 e. The first-order valence-corrected chi connectivity index (χ1v) is 14.1. The molecule has 0 radical (unpaired) electrons. The van der Waals surface area contributed by atoms with Crippen LogP contribution in [0.4, 0.5) is 0 Å². The third-order valence-corrected chi connectivity index (χ3v) is 9.10. The fraction of sp³-hybridized carbons (Fsp3) is 0.500. The lowest BCUT2D eigenvalue weighted by Crippen LogP contribution is -2.45. The molecule has 1 aliphatic carbocycles. The van der Waals surface area contributed by atoms with Crippen LogP contribution in [0.3, 0.4) is 0 Å². The van der Waals surface area contributed by atoms with E-state index in [1.807, 2.05) is 13.8 Å². The molecule has 0 amide bonds. The summed E-state index contributed by atoms with van der Waals surface area (Å²) in [6, 6.07) is 12.8. The molecular weight excluding hydrogens is 480 g/mol. The number of aryl methyl sites for hydroxylation is 2. The van der Waals surface area contributed by atoms with E-state index >= 15 is 0 Å². The Kier molecular flexibility index (Phi) is 7.19. The number of benzene rings is 2. The van der Waals surface area contributed by atoms with E-state index in [2.05, 4.69) is 0 Å². The van der Waals surface area contributed by atoms with Crippen molar-refractivity contribution in [2.75, 3.05) is 26.4 Å². The molecule has 2 aliphatic rings. The molecule has 8 nitrogen and oxygen atoms in total. The molecule has 1 aliphatic heterocycles. The Labute approximate surface area is 201 Å². The van der Waals surface area contributed by atoms with Gasteiger partial charge in [0.15, 0.2) is 5.79 Å². The Balaban J connectivity index is 1.51. The van der Waals surface area contributed by atoms with Gasteiger partial charge in [-0.1, -0.05) is 35.4 Å². The molecule has 0 aromatic heterocycles. The van der Waals surface area contributed by atoms with Gasteiger partial charge >= 0.3 is 0 Å². The third-order valence-electron chi connectivity index (χ3n) is 6.55. The van der Waals surface area contributed by atoms with Gasteiger partial charge in [0.2, 0.25) is 0 Å². The first-order valence-electron chi connectivity index (χ1n) is 11.2. The minimum absolute atomic E-state index is 0.0520. The van der Waals surface area contributed by atoms with E-state index < -0.39 is 31.4 Å². The van der Waals surface area contributed by atoms with Crippen molar-refractivity contribution in [1.82, 2.24) is 0 Å². The van der Waals surface area contributed by atoms with E-state index in [0.717, 1.165) is 11.1 Å². The van der Waals surface area contributed by atoms with Gasteiger partial charge in [0.05, 0.1) is 36.2 Å². The van der Waals surface area contributed by atoms with Crippen molar-refractivity contribution in [2.45, 2.75) is 55.1 Å². The first-order chi connectivity index (χ1) is 16.0. The highest BCUT2D eigenvalue weighted by molar-refractivity contribution is 7.87. The Morgan fingerprint density at radius 3 is 1.44 bits per heavy atom. The summed E-state index contributed by atoms with van der Waals surface area (Å²) in [5, 5.41) is 0. The predicted molar refractivity (Wildman–Crippen MR) is 124 cm³/mol. The Bertz CT molecular complexity index is 1110. The van der Waals surface area contributed by atoms with Crippen LogP contribution in [0.15, 0.2) is 58.3 Å². The molecule has 2 aromatic rings. The van der Waals surface area contributed by atoms with Crippen molar-refractivity contribution in [3.05, 3.63) is 59.7 Å². The average molecular weight is 511 g/mol. The van der Waals surface area contributed by atoms with Crippen LogP contribution in [-0.4, -0.2) is 49.1 Å². The molecule has 2 aromatic carbocycles. The zero-order valence-electron chi connectivity index (χ0n) is 19.4. The Morgan fingerprint density at radius 2 is 1.06 bits per heavy atom. The smallest absolute Gasteiger partial charge is 0.296 e. The summed E-state index contributed by atoms with van der Waals surface area (Å²) in [7, 11) is -8.04. The highest BCUT2D eigenvalue weighted by atomic mass is 32.2. The number of rotatable bonds is 8. The van der Waals surface area contributed by atoms with E-state index in [1.165, 1.54) is 24.3 Å². The van der Waals surface area contributed by atoms with Crippen molar-refractivity contribution in [3.8, 4) is 0 Å². The van der Waals surface area contributed by atoms with Crippen molar-refractivity contribution < 1.29 is 34.7 Å². The van der Waals surface area contributed by atoms with Gasteiger partial charge in [-0.15, -0.1) is 0 Å². The minimum Gasteiger partial charge on any atom is -0.348 e. The second-order valence-electron chi connectivity index (χ2n) is 9.17. The topological polar surface area (TPSA) is 105 Å². The zero-order valence-corrected chi connectivity index (χ0v) is 21.0. The number of ether oxygens (including phenoxy) is 2. The molecule has 0 N–H and O–H groups in total. The first kappa shape index (κ1) is 25.3. The summed E-state index contributed by atoms with van der Waals surface area (Å²) in [5.41, 5.74) is 1.02. The zero-order chi connectivity index (χ0) is 24.5. The van der Waals surface area contributed by atoms with Crippen LogP contribution in [0.25, 0.3) is 0 Å². The summed E-state index contributed by atoms with van der Waals surface area (Å²) < 4.78 is 73.7. The molecule has 0 unspecified atom stereocenters. The number of hydrogen-bond acceptors (Lipinski definition) is 8. The molecule has 1 spiro atoms. The van der Waals surface area contributed by atoms with Crippen LogP contribution in [0.2, 0.25) is 0 Å². The third kappa shape index (κ3) is 5.69. The fourth-order valence-electron chi connectivity index (χ4n) is 4.23. The monoisotopic (exact) mass is 510 g/mol. The molecule has 1 saturated heterocycles. The SMILES string of the molecule is Cc1ccc(S(=O)(=O)OCC2(COS(=O)(=O)c3ccc(C)cc3)CCC3(CC2)OCCO3)cc1. The molecule has 0 atom stereocenters. The second-order valence-corrected chi connectivity index (χ2v) is 12.4. The van der Waals surface area contributed by atoms with Crippen molar-refractivity contribution >= 4 is 20.2 Å². The standard InChI is InChI=1S/C24H30O8S2/c1-19-3-7-21(8-4-19)33(25,26)31-17-23(11-13-24(14-12-23)29-15-16-30-24)18-32-34(27,28)22-9-5-20(2)6-10-22/h3-10H,11-18H2,1-2H3. The van der Waals surface area contributed by atoms with Gasteiger partial charge in [0.1, 0.15) is 0 Å². The van der Waals surface area contributed by atoms with Gasteiger partial charge in [0.25, 0.3) is 20.2 Å². The molecule has 34 heavy (non-hydrogen) atoms. The largest absolute Gasteiger partial charge is 0.348 e. The van der Waals surface area contributed by atoms with E-state index in [9.17, 15) is 16.8 Å². The molecule has 10 heteroatoms. The molecule has 0 bridgehead atoms. The highest BCUT2D eigenvalue weighted by Crippen LogP contribution is 2.46. The molecule has 1 heterocycles. The average Bonchev–Trinajstić information content (AvgIpc) is 3.27. The molecule has 4 rings (SSSR count). The van der Waals surface area contributed by atoms with Gasteiger partial charge < -0.3 is 9.47 Å². The highest BCUT2D eigenvalue weighted by Gasteiger charge is 2.47. The molecular formula is C24H30O8S2. The van der Waals surface area contributed by atoms with Gasteiger partial charge in [-0.3, -0.25) is 8.37 Å². The van der Waals surface area contributed by atoms with Crippen LogP contribution in [0.1, 0.15) is 36.8 Å². The lowest BCUT2D eigenvalue weighted by atomic mass is 9.73. The lowest BCUT2D eigenvalue weighted by Gasteiger charge is -2.42. The normalized spacial score (nSPS) is 19.9. The summed E-state index contributed by atoms with van der Waals surface area (Å²) >= 11 is 0. The van der Waals surface area contributed by atoms with Crippen molar-refractivity contribution in [1.29, 1.82) is 0 Å². The summed E-state index contributed by atoms with van der Waals surface area (Å²) in [6.45, 7) is 4.32. The van der Waals surface area contributed by atoms with Crippen LogP contribution in [-0.2, 0) is 38.1 Å². The van der Waals surface area contributed by atoms with Crippen LogP contribution in [0.5, 0.6) is 0 Å². The quantitative estimate of drug-likeness (QED) is 0.495. The Morgan fingerprint density at radius 1 is 0.676 bits per heavy atom. The molecule has 186 valence electrons. The van der Waals surface area contributed by atoms with E-state index in [-0.39, 0.29) is 23.0 Å². The maximum atomic E-state index is 12.8. The van der Waals surface area contributed by atoms with E-state index in [4.69, 9.17) is 17.8 Å². The lowest BCUT2D eigenvalue weighted by molar-refractivity contribution is -0.196.